The molecule has 0 unspecified atom stereocenters. The molecule has 2 N–H and O–H groups in total. The molecule has 2 rings (SSSR count). The van der Waals surface area contributed by atoms with Gasteiger partial charge in [0.15, 0.2) is 6.10 Å². The number of halogens is 1. The van der Waals surface area contributed by atoms with Crippen LogP contribution in [0.2, 0.25) is 0 Å². The van der Waals surface area contributed by atoms with Crippen molar-refractivity contribution in [1.82, 2.24) is 4.98 Å². The first-order chi connectivity index (χ1) is 12.7. The molecule has 0 radical (unpaired) electrons. The SMILES string of the molecule is CCOC(=O)c1[nH]c(C)c(C(=O)O[C@@H](C)C(=O)Nc2ccc(F)cc2)c1C. The Morgan fingerprint density at radius 1 is 1.15 bits per heavy atom. The summed E-state index contributed by atoms with van der Waals surface area (Å²) in [5.74, 6) is -2.30. The average molecular weight is 376 g/mol. The number of nitrogens with one attached hydrogen (secondary N) is 2. The number of aryl methyl sites for hydroxylation is 1. The number of aromatic nitrogens is 1. The van der Waals surface area contributed by atoms with Gasteiger partial charge < -0.3 is 19.8 Å². The number of benzene rings is 1. The van der Waals surface area contributed by atoms with E-state index in [1.807, 2.05) is 0 Å². The molecule has 0 saturated heterocycles. The third-order valence-electron chi connectivity index (χ3n) is 3.89. The summed E-state index contributed by atoms with van der Waals surface area (Å²) in [4.78, 5) is 39.4. The first kappa shape index (κ1) is 20.2. The summed E-state index contributed by atoms with van der Waals surface area (Å²) in [6.45, 7) is 6.52. The Hall–Kier alpha value is -3.16. The van der Waals surface area contributed by atoms with E-state index in [1.165, 1.54) is 31.2 Å². The summed E-state index contributed by atoms with van der Waals surface area (Å²) in [5, 5.41) is 2.53. The number of anilines is 1. The van der Waals surface area contributed by atoms with E-state index < -0.39 is 29.8 Å². The van der Waals surface area contributed by atoms with Crippen molar-refractivity contribution in [1.29, 1.82) is 0 Å². The molecule has 1 aromatic carbocycles. The maximum atomic E-state index is 12.9. The van der Waals surface area contributed by atoms with Gasteiger partial charge in [-0.15, -0.1) is 0 Å². The van der Waals surface area contributed by atoms with E-state index in [4.69, 9.17) is 9.47 Å². The van der Waals surface area contributed by atoms with Crippen molar-refractivity contribution in [2.45, 2.75) is 33.8 Å². The molecule has 0 saturated carbocycles. The average Bonchev–Trinajstić information content (AvgIpc) is 2.91. The molecule has 1 heterocycles. The fourth-order valence-corrected chi connectivity index (χ4v) is 2.51. The summed E-state index contributed by atoms with van der Waals surface area (Å²) >= 11 is 0. The van der Waals surface area contributed by atoms with Crippen LogP contribution in [0.15, 0.2) is 24.3 Å². The van der Waals surface area contributed by atoms with Crippen molar-refractivity contribution in [3.05, 3.63) is 52.6 Å². The molecule has 0 fully saturated rings. The molecule has 0 aliphatic rings. The van der Waals surface area contributed by atoms with Gasteiger partial charge in [0.1, 0.15) is 11.5 Å². The van der Waals surface area contributed by atoms with Crippen LogP contribution in [0.25, 0.3) is 0 Å². The van der Waals surface area contributed by atoms with Crippen LogP contribution >= 0.6 is 0 Å². The number of amides is 1. The van der Waals surface area contributed by atoms with E-state index in [0.717, 1.165) is 0 Å². The zero-order valence-corrected chi connectivity index (χ0v) is 15.5. The Labute approximate surface area is 155 Å². The van der Waals surface area contributed by atoms with Crippen LogP contribution in [0, 0.1) is 19.7 Å². The highest BCUT2D eigenvalue weighted by Gasteiger charge is 2.26. The zero-order valence-electron chi connectivity index (χ0n) is 15.5. The highest BCUT2D eigenvalue weighted by molar-refractivity contribution is 6.01. The Balaban J connectivity index is 2.08. The first-order valence-electron chi connectivity index (χ1n) is 8.38. The molecule has 0 aliphatic carbocycles. The second kappa shape index (κ2) is 8.48. The molecule has 8 heteroatoms. The van der Waals surface area contributed by atoms with Crippen molar-refractivity contribution < 1.29 is 28.2 Å². The minimum Gasteiger partial charge on any atom is -0.461 e. The molecule has 0 aliphatic heterocycles. The Morgan fingerprint density at radius 3 is 2.37 bits per heavy atom. The van der Waals surface area contributed by atoms with Gasteiger partial charge in [-0.2, -0.15) is 0 Å². The van der Waals surface area contributed by atoms with Crippen molar-refractivity contribution in [2.24, 2.45) is 0 Å². The minimum atomic E-state index is -1.10. The van der Waals surface area contributed by atoms with Gasteiger partial charge in [-0.3, -0.25) is 4.79 Å². The lowest BCUT2D eigenvalue weighted by atomic mass is 10.1. The summed E-state index contributed by atoms with van der Waals surface area (Å²) in [6, 6.07) is 5.20. The van der Waals surface area contributed by atoms with Crippen LogP contribution in [0.3, 0.4) is 0 Å². The minimum absolute atomic E-state index is 0.171. The van der Waals surface area contributed by atoms with E-state index in [9.17, 15) is 18.8 Å². The van der Waals surface area contributed by atoms with Crippen LogP contribution in [-0.2, 0) is 14.3 Å². The topological polar surface area (TPSA) is 97.5 Å². The van der Waals surface area contributed by atoms with Crippen LogP contribution in [0.4, 0.5) is 10.1 Å². The van der Waals surface area contributed by atoms with Crippen molar-refractivity contribution in [2.75, 3.05) is 11.9 Å². The smallest absolute Gasteiger partial charge is 0.355 e. The molecular formula is C19H21FN2O5. The van der Waals surface area contributed by atoms with Gasteiger partial charge in [0.25, 0.3) is 5.91 Å². The standard InChI is InChI=1S/C19H21FN2O5/c1-5-26-19(25)16-10(2)15(11(3)21-16)18(24)27-12(4)17(23)22-14-8-6-13(20)7-9-14/h6-9,12,21H,5H2,1-4H3,(H,22,23)/t12-/m0/s1. The van der Waals surface area contributed by atoms with Crippen LogP contribution in [0.5, 0.6) is 0 Å². The van der Waals surface area contributed by atoms with Gasteiger partial charge in [-0.25, -0.2) is 14.0 Å². The van der Waals surface area contributed by atoms with Gasteiger partial charge >= 0.3 is 11.9 Å². The fraction of sp³-hybridized carbons (Fsp3) is 0.316. The maximum absolute atomic E-state index is 12.9. The molecule has 0 spiro atoms. The molecule has 1 amide bonds. The van der Waals surface area contributed by atoms with Gasteiger partial charge in [-0.05, 0) is 57.5 Å². The van der Waals surface area contributed by atoms with E-state index in [2.05, 4.69) is 10.3 Å². The zero-order chi connectivity index (χ0) is 20.1. The number of hydrogen-bond acceptors (Lipinski definition) is 5. The number of carbonyl (C=O) groups excluding carboxylic acids is 3. The fourth-order valence-electron chi connectivity index (χ4n) is 2.51. The lowest BCUT2D eigenvalue weighted by molar-refractivity contribution is -0.123. The number of carbonyl (C=O) groups is 3. The van der Waals surface area contributed by atoms with Gasteiger partial charge in [-0.1, -0.05) is 0 Å². The lowest BCUT2D eigenvalue weighted by Crippen LogP contribution is -2.30. The molecule has 27 heavy (non-hydrogen) atoms. The monoisotopic (exact) mass is 376 g/mol. The number of rotatable bonds is 6. The van der Waals surface area contributed by atoms with Gasteiger partial charge in [0.05, 0.1) is 12.2 Å². The molecule has 1 atom stereocenters. The molecule has 0 bridgehead atoms. The van der Waals surface area contributed by atoms with Crippen LogP contribution in [-0.4, -0.2) is 35.5 Å². The highest BCUT2D eigenvalue weighted by atomic mass is 19.1. The third-order valence-corrected chi connectivity index (χ3v) is 3.89. The predicted octanol–water partition coefficient (Wildman–Crippen LogP) is 3.13. The van der Waals surface area contributed by atoms with Crippen molar-refractivity contribution in [3.63, 3.8) is 0 Å². The van der Waals surface area contributed by atoms with E-state index in [1.54, 1.807) is 20.8 Å². The van der Waals surface area contributed by atoms with Crippen LogP contribution in [0.1, 0.15) is 46.0 Å². The highest BCUT2D eigenvalue weighted by Crippen LogP contribution is 2.20. The van der Waals surface area contributed by atoms with E-state index >= 15 is 0 Å². The van der Waals surface area contributed by atoms with Crippen LogP contribution < -0.4 is 5.32 Å². The lowest BCUT2D eigenvalue weighted by Gasteiger charge is -2.14. The summed E-state index contributed by atoms with van der Waals surface area (Å²) in [5.41, 5.74) is 1.56. The Morgan fingerprint density at radius 2 is 1.78 bits per heavy atom. The van der Waals surface area contributed by atoms with Gasteiger partial charge in [0.2, 0.25) is 0 Å². The maximum Gasteiger partial charge on any atom is 0.355 e. The summed E-state index contributed by atoms with van der Waals surface area (Å²) < 4.78 is 23.1. The van der Waals surface area contributed by atoms with E-state index in [-0.39, 0.29) is 17.9 Å². The molecule has 1 aromatic heterocycles. The Kier molecular flexibility index (Phi) is 6.33. The normalized spacial score (nSPS) is 11.6. The molecule has 144 valence electrons. The first-order valence-corrected chi connectivity index (χ1v) is 8.38. The quantitative estimate of drug-likeness (QED) is 0.755. The second-order valence-electron chi connectivity index (χ2n) is 5.89. The van der Waals surface area contributed by atoms with Crippen molar-refractivity contribution >= 4 is 23.5 Å². The second-order valence-corrected chi connectivity index (χ2v) is 5.89. The third kappa shape index (κ3) is 4.72. The Bertz CT molecular complexity index is 858. The number of hydrogen-bond donors (Lipinski definition) is 2. The van der Waals surface area contributed by atoms with Crippen molar-refractivity contribution in [3.8, 4) is 0 Å². The molecular weight excluding hydrogens is 355 g/mol. The predicted molar refractivity (Wildman–Crippen MR) is 96.1 cm³/mol. The molecule has 7 nitrogen and oxygen atoms in total. The number of ether oxygens (including phenoxy) is 2. The number of H-pyrrole nitrogens is 1. The summed E-state index contributed by atoms with van der Waals surface area (Å²) in [7, 11) is 0. The number of esters is 2. The van der Waals surface area contributed by atoms with Gasteiger partial charge in [0, 0.05) is 11.4 Å². The van der Waals surface area contributed by atoms with E-state index in [0.29, 0.717) is 16.9 Å². The number of aromatic amines is 1. The summed E-state index contributed by atoms with van der Waals surface area (Å²) in [6.07, 6.45) is -1.10. The largest absolute Gasteiger partial charge is 0.461 e. The molecule has 2 aromatic rings.